The number of nitrogens with zero attached hydrogens (tertiary/aromatic N) is 2. The summed E-state index contributed by atoms with van der Waals surface area (Å²) in [6.45, 7) is 0.559. The summed E-state index contributed by atoms with van der Waals surface area (Å²) in [4.78, 5) is 7.94. The lowest BCUT2D eigenvalue weighted by atomic mass is 10.1. The zero-order valence-electron chi connectivity index (χ0n) is 9.23. The number of aromatic nitrogens is 2. The third-order valence-corrected chi connectivity index (χ3v) is 2.37. The maximum absolute atomic E-state index is 13.3. The van der Waals surface area contributed by atoms with Crippen molar-refractivity contribution in [1.29, 1.82) is 0 Å². The molecule has 0 atom stereocenters. The predicted molar refractivity (Wildman–Crippen MR) is 65.0 cm³/mol. The molecule has 1 aromatic carbocycles. The molecule has 0 spiro atoms. The van der Waals surface area contributed by atoms with E-state index in [-0.39, 0.29) is 5.82 Å². The molecule has 0 aliphatic heterocycles. The van der Waals surface area contributed by atoms with Gasteiger partial charge in [-0.1, -0.05) is 18.2 Å². The van der Waals surface area contributed by atoms with Crippen LogP contribution < -0.4 is 11.1 Å². The number of benzene rings is 1. The van der Waals surface area contributed by atoms with Crippen molar-refractivity contribution in [2.24, 2.45) is 0 Å². The second kappa shape index (κ2) is 5.25. The Bertz CT molecular complexity index is 456. The molecule has 88 valence electrons. The van der Waals surface area contributed by atoms with Crippen LogP contribution >= 0.6 is 0 Å². The minimum absolute atomic E-state index is 0.193. The lowest BCUT2D eigenvalue weighted by Crippen LogP contribution is -2.09. The first-order valence-corrected chi connectivity index (χ1v) is 5.31. The van der Waals surface area contributed by atoms with Crippen LogP contribution in [0, 0.1) is 5.82 Å². The molecule has 0 amide bonds. The normalized spacial score (nSPS) is 10.2. The lowest BCUT2D eigenvalue weighted by Gasteiger charge is -2.07. The van der Waals surface area contributed by atoms with Gasteiger partial charge in [0.1, 0.15) is 5.82 Å². The highest BCUT2D eigenvalue weighted by molar-refractivity contribution is 5.54. The van der Waals surface area contributed by atoms with Crippen molar-refractivity contribution in [2.75, 3.05) is 17.6 Å². The van der Waals surface area contributed by atoms with Gasteiger partial charge >= 0.3 is 0 Å². The number of nitrogens with two attached hydrogens (primary N) is 1. The first kappa shape index (κ1) is 11.3. The molecule has 0 fully saturated rings. The second-order valence-corrected chi connectivity index (χ2v) is 3.56. The second-order valence-electron chi connectivity index (χ2n) is 3.56. The Balaban J connectivity index is 1.93. The van der Waals surface area contributed by atoms with Crippen LogP contribution in [-0.2, 0) is 6.42 Å². The van der Waals surface area contributed by atoms with Gasteiger partial charge in [0, 0.05) is 18.9 Å². The zero-order valence-corrected chi connectivity index (χ0v) is 9.23. The monoisotopic (exact) mass is 232 g/mol. The highest BCUT2D eigenvalue weighted by Gasteiger charge is 2.02. The third-order valence-electron chi connectivity index (χ3n) is 2.37. The molecule has 0 unspecified atom stereocenters. The molecule has 0 radical (unpaired) electrons. The quantitative estimate of drug-likeness (QED) is 0.844. The topological polar surface area (TPSA) is 63.8 Å². The number of anilines is 2. The van der Waals surface area contributed by atoms with Crippen molar-refractivity contribution >= 4 is 11.6 Å². The van der Waals surface area contributed by atoms with Crippen LogP contribution in [0.25, 0.3) is 0 Å². The summed E-state index contributed by atoms with van der Waals surface area (Å²) in [5.74, 6) is 0.686. The summed E-state index contributed by atoms with van der Waals surface area (Å²) < 4.78 is 13.3. The van der Waals surface area contributed by atoms with Gasteiger partial charge in [0.05, 0.1) is 0 Å². The predicted octanol–water partition coefficient (Wildman–Crippen LogP) is 1.85. The van der Waals surface area contributed by atoms with Crippen LogP contribution in [0.15, 0.2) is 36.7 Å². The standard InChI is InChI=1S/C12H13FN4/c13-10-4-2-1-3-9(10)5-6-16-12-11(14)15-7-8-17-12/h1-4,7-8H,5-6H2,(H2,14,15)(H,16,17). The maximum atomic E-state index is 13.3. The first-order chi connectivity index (χ1) is 8.27. The van der Waals surface area contributed by atoms with E-state index in [2.05, 4.69) is 15.3 Å². The fourth-order valence-corrected chi connectivity index (χ4v) is 1.50. The molecule has 0 aliphatic carbocycles. The molecule has 3 N–H and O–H groups in total. The molecule has 0 saturated heterocycles. The molecule has 2 rings (SSSR count). The minimum Gasteiger partial charge on any atom is -0.381 e. The third kappa shape index (κ3) is 2.90. The van der Waals surface area contributed by atoms with Gasteiger partial charge in [0.15, 0.2) is 11.6 Å². The fourth-order valence-electron chi connectivity index (χ4n) is 1.50. The number of nitrogen functional groups attached to an aromatic ring is 1. The molecule has 1 aromatic heterocycles. The minimum atomic E-state index is -0.193. The van der Waals surface area contributed by atoms with Gasteiger partial charge < -0.3 is 11.1 Å². The van der Waals surface area contributed by atoms with Gasteiger partial charge in [-0.3, -0.25) is 0 Å². The highest BCUT2D eigenvalue weighted by atomic mass is 19.1. The van der Waals surface area contributed by atoms with E-state index in [1.807, 2.05) is 6.07 Å². The summed E-state index contributed by atoms with van der Waals surface area (Å²) in [6, 6.07) is 6.70. The van der Waals surface area contributed by atoms with E-state index in [0.29, 0.717) is 30.2 Å². The van der Waals surface area contributed by atoms with Crippen LogP contribution in [0.3, 0.4) is 0 Å². The molecule has 0 saturated carbocycles. The summed E-state index contributed by atoms with van der Waals surface area (Å²) in [7, 11) is 0. The van der Waals surface area contributed by atoms with Crippen LogP contribution in [0.4, 0.5) is 16.0 Å². The first-order valence-electron chi connectivity index (χ1n) is 5.31. The molecule has 0 bridgehead atoms. The largest absolute Gasteiger partial charge is 0.381 e. The maximum Gasteiger partial charge on any atom is 0.168 e. The Hall–Kier alpha value is -2.17. The van der Waals surface area contributed by atoms with E-state index in [9.17, 15) is 4.39 Å². The number of rotatable bonds is 4. The van der Waals surface area contributed by atoms with E-state index in [4.69, 9.17) is 5.73 Å². The fraction of sp³-hybridized carbons (Fsp3) is 0.167. The summed E-state index contributed by atoms with van der Waals surface area (Å²) in [5, 5.41) is 3.02. The smallest absolute Gasteiger partial charge is 0.168 e. The Labute approximate surface area is 98.7 Å². The summed E-state index contributed by atoms with van der Waals surface area (Å²) in [5.41, 5.74) is 6.29. The number of hydrogen-bond acceptors (Lipinski definition) is 4. The van der Waals surface area contributed by atoms with Crippen LogP contribution in [0.5, 0.6) is 0 Å². The molecule has 1 heterocycles. The highest BCUT2D eigenvalue weighted by Crippen LogP contribution is 2.11. The van der Waals surface area contributed by atoms with Crippen LogP contribution in [0.1, 0.15) is 5.56 Å². The van der Waals surface area contributed by atoms with Crippen molar-refractivity contribution in [3.05, 3.63) is 48.0 Å². The summed E-state index contributed by atoms with van der Waals surface area (Å²) >= 11 is 0. The average molecular weight is 232 g/mol. The Kier molecular flexibility index (Phi) is 3.49. The molecule has 2 aromatic rings. The SMILES string of the molecule is Nc1nccnc1NCCc1ccccc1F. The van der Waals surface area contributed by atoms with Crippen LogP contribution in [-0.4, -0.2) is 16.5 Å². The van der Waals surface area contributed by atoms with Gasteiger partial charge in [-0.05, 0) is 18.1 Å². The molecular weight excluding hydrogens is 219 g/mol. The van der Waals surface area contributed by atoms with Crippen molar-refractivity contribution < 1.29 is 4.39 Å². The molecule has 0 aliphatic rings. The molecule has 4 nitrogen and oxygen atoms in total. The Morgan fingerprint density at radius 2 is 1.94 bits per heavy atom. The number of hydrogen-bond donors (Lipinski definition) is 2. The van der Waals surface area contributed by atoms with E-state index in [0.717, 1.165) is 0 Å². The van der Waals surface area contributed by atoms with Gasteiger partial charge in [-0.25, -0.2) is 14.4 Å². The average Bonchev–Trinajstić information content (AvgIpc) is 2.34. The molecule has 5 heteroatoms. The molecule has 17 heavy (non-hydrogen) atoms. The van der Waals surface area contributed by atoms with Gasteiger partial charge in [-0.2, -0.15) is 0 Å². The lowest BCUT2D eigenvalue weighted by molar-refractivity contribution is 0.610. The van der Waals surface area contributed by atoms with Gasteiger partial charge in [0.2, 0.25) is 0 Å². The van der Waals surface area contributed by atoms with Crippen LogP contribution in [0.2, 0.25) is 0 Å². The van der Waals surface area contributed by atoms with E-state index in [1.165, 1.54) is 12.3 Å². The number of nitrogens with one attached hydrogen (secondary N) is 1. The van der Waals surface area contributed by atoms with Gasteiger partial charge in [0.25, 0.3) is 0 Å². The summed E-state index contributed by atoms with van der Waals surface area (Å²) in [6.07, 6.45) is 3.65. The van der Waals surface area contributed by atoms with Crippen molar-refractivity contribution in [3.8, 4) is 0 Å². The van der Waals surface area contributed by atoms with Crippen molar-refractivity contribution in [1.82, 2.24) is 9.97 Å². The van der Waals surface area contributed by atoms with E-state index in [1.54, 1.807) is 18.3 Å². The Morgan fingerprint density at radius 1 is 1.18 bits per heavy atom. The van der Waals surface area contributed by atoms with E-state index >= 15 is 0 Å². The zero-order chi connectivity index (χ0) is 12.1. The van der Waals surface area contributed by atoms with Crippen molar-refractivity contribution in [2.45, 2.75) is 6.42 Å². The Morgan fingerprint density at radius 3 is 2.71 bits per heavy atom. The number of halogens is 1. The van der Waals surface area contributed by atoms with Gasteiger partial charge in [-0.15, -0.1) is 0 Å². The van der Waals surface area contributed by atoms with Crippen molar-refractivity contribution in [3.63, 3.8) is 0 Å². The van der Waals surface area contributed by atoms with E-state index < -0.39 is 0 Å². The molecular formula is C12H13FN4.